The van der Waals surface area contributed by atoms with Crippen molar-refractivity contribution in [1.29, 1.82) is 0 Å². The molecule has 0 amide bonds. The predicted octanol–water partition coefficient (Wildman–Crippen LogP) is 3.09. The third kappa shape index (κ3) is 2.74. The molecule has 6 heteroatoms. The minimum Gasteiger partial charge on any atom is -0.361 e. The monoisotopic (exact) mass is 296 g/mol. The Labute approximate surface area is 124 Å². The van der Waals surface area contributed by atoms with Crippen molar-refractivity contribution in [3.63, 3.8) is 0 Å². The molecule has 0 fully saturated rings. The van der Waals surface area contributed by atoms with E-state index >= 15 is 0 Å². The van der Waals surface area contributed by atoms with Crippen molar-refractivity contribution in [2.45, 2.75) is 46.7 Å². The van der Waals surface area contributed by atoms with Crippen LogP contribution in [0.1, 0.15) is 48.3 Å². The first-order chi connectivity index (χ1) is 9.45. The zero-order valence-electron chi connectivity index (χ0n) is 12.6. The molecule has 0 saturated carbocycles. The largest absolute Gasteiger partial charge is 0.361 e. The van der Waals surface area contributed by atoms with Gasteiger partial charge in [0.25, 0.3) is 0 Å². The van der Waals surface area contributed by atoms with Gasteiger partial charge in [-0.15, -0.1) is 0 Å². The van der Waals surface area contributed by atoms with E-state index in [1.807, 2.05) is 25.6 Å². The lowest BCUT2D eigenvalue weighted by Crippen LogP contribution is -2.20. The highest BCUT2D eigenvalue weighted by molar-refractivity contribution is 6.31. The molecule has 5 nitrogen and oxygen atoms in total. The van der Waals surface area contributed by atoms with Gasteiger partial charge >= 0.3 is 0 Å². The molecule has 0 aliphatic rings. The van der Waals surface area contributed by atoms with Crippen molar-refractivity contribution in [1.82, 2.24) is 20.3 Å². The summed E-state index contributed by atoms with van der Waals surface area (Å²) in [5.74, 6) is 0.854. The van der Waals surface area contributed by atoms with Gasteiger partial charge in [0.1, 0.15) is 5.76 Å². The lowest BCUT2D eigenvalue weighted by molar-refractivity contribution is 0.390. The Morgan fingerprint density at radius 1 is 1.40 bits per heavy atom. The van der Waals surface area contributed by atoms with Crippen molar-refractivity contribution in [2.24, 2.45) is 7.05 Å². The van der Waals surface area contributed by atoms with E-state index in [-0.39, 0.29) is 6.04 Å². The molecule has 0 spiro atoms. The number of nitrogens with one attached hydrogen (secondary N) is 1. The smallest absolute Gasteiger partial charge is 0.138 e. The number of aryl methyl sites for hydroxylation is 4. The minimum atomic E-state index is 0.150. The van der Waals surface area contributed by atoms with Gasteiger partial charge in [0.2, 0.25) is 0 Å². The summed E-state index contributed by atoms with van der Waals surface area (Å²) in [7, 11) is 1.92. The topological polar surface area (TPSA) is 55.9 Å². The van der Waals surface area contributed by atoms with Gasteiger partial charge in [0, 0.05) is 25.2 Å². The molecule has 110 valence electrons. The van der Waals surface area contributed by atoms with Gasteiger partial charge in [-0.25, -0.2) is 0 Å². The Bertz CT molecular complexity index is 583. The summed E-state index contributed by atoms with van der Waals surface area (Å²) in [5, 5.41) is 12.6. The number of hydrogen-bond acceptors (Lipinski definition) is 4. The summed E-state index contributed by atoms with van der Waals surface area (Å²) in [6.45, 7) is 8.69. The molecule has 0 bridgehead atoms. The van der Waals surface area contributed by atoms with Crippen LogP contribution >= 0.6 is 11.6 Å². The first-order valence-electron chi connectivity index (χ1n) is 6.82. The molecule has 0 aromatic carbocycles. The van der Waals surface area contributed by atoms with Gasteiger partial charge in [-0.2, -0.15) is 5.10 Å². The highest BCUT2D eigenvalue weighted by atomic mass is 35.5. The summed E-state index contributed by atoms with van der Waals surface area (Å²) >= 11 is 6.35. The third-order valence-corrected chi connectivity index (χ3v) is 4.04. The van der Waals surface area contributed by atoms with E-state index < -0.39 is 0 Å². The molecule has 0 radical (unpaired) electrons. The standard InChI is InChI=1S/C14H21ClN4O/c1-6-11-14(15)12(19(5)17-11)7-16-8(2)13-9(3)18-20-10(13)4/h8,16H,6-7H2,1-5H3. The van der Waals surface area contributed by atoms with Crippen LogP contribution < -0.4 is 5.32 Å². The molecule has 1 atom stereocenters. The van der Waals surface area contributed by atoms with Gasteiger partial charge in [-0.3, -0.25) is 4.68 Å². The third-order valence-electron chi connectivity index (χ3n) is 3.60. The number of nitrogens with zero attached hydrogens (tertiary/aromatic N) is 3. The van der Waals surface area contributed by atoms with Crippen LogP contribution in [0.15, 0.2) is 4.52 Å². The first kappa shape index (κ1) is 15.1. The maximum atomic E-state index is 6.35. The molecule has 2 rings (SSSR count). The van der Waals surface area contributed by atoms with E-state index in [9.17, 15) is 0 Å². The van der Waals surface area contributed by atoms with Crippen LogP contribution in [0.5, 0.6) is 0 Å². The summed E-state index contributed by atoms with van der Waals surface area (Å²) < 4.78 is 7.05. The van der Waals surface area contributed by atoms with Crippen LogP contribution in [-0.4, -0.2) is 14.9 Å². The van der Waals surface area contributed by atoms with Gasteiger partial charge in [-0.05, 0) is 27.2 Å². The summed E-state index contributed by atoms with van der Waals surface area (Å²) in [4.78, 5) is 0. The van der Waals surface area contributed by atoms with Crippen LogP contribution in [0.4, 0.5) is 0 Å². The lowest BCUT2D eigenvalue weighted by atomic mass is 10.1. The van der Waals surface area contributed by atoms with Crippen LogP contribution in [-0.2, 0) is 20.0 Å². The Balaban J connectivity index is 2.11. The molecule has 2 heterocycles. The Morgan fingerprint density at radius 2 is 2.10 bits per heavy atom. The Hall–Kier alpha value is -1.33. The van der Waals surface area contributed by atoms with Gasteiger partial charge in [-0.1, -0.05) is 23.7 Å². The highest BCUT2D eigenvalue weighted by Gasteiger charge is 2.18. The second-order valence-corrected chi connectivity index (χ2v) is 5.40. The van der Waals surface area contributed by atoms with Crippen LogP contribution in [0.2, 0.25) is 5.02 Å². The fourth-order valence-corrected chi connectivity index (χ4v) is 2.83. The van der Waals surface area contributed by atoms with Gasteiger partial charge in [0.05, 0.1) is 22.1 Å². The predicted molar refractivity (Wildman–Crippen MR) is 78.8 cm³/mol. The second-order valence-electron chi connectivity index (χ2n) is 5.02. The molecule has 0 aliphatic carbocycles. The number of halogens is 1. The molecule has 1 unspecified atom stereocenters. The maximum Gasteiger partial charge on any atom is 0.138 e. The molecule has 20 heavy (non-hydrogen) atoms. The molecule has 2 aromatic heterocycles. The number of hydrogen-bond donors (Lipinski definition) is 1. The summed E-state index contributed by atoms with van der Waals surface area (Å²) in [6, 6.07) is 0.150. The van der Waals surface area contributed by atoms with Gasteiger partial charge in [0.15, 0.2) is 0 Å². The first-order valence-corrected chi connectivity index (χ1v) is 7.19. The minimum absolute atomic E-state index is 0.150. The fraction of sp³-hybridized carbons (Fsp3) is 0.571. The van der Waals surface area contributed by atoms with E-state index in [1.54, 1.807) is 0 Å². The van der Waals surface area contributed by atoms with Crippen molar-refractivity contribution < 1.29 is 4.52 Å². The molecule has 1 N–H and O–H groups in total. The molecular weight excluding hydrogens is 276 g/mol. The van der Waals surface area contributed by atoms with E-state index in [4.69, 9.17) is 16.1 Å². The molecule has 0 aliphatic heterocycles. The van der Waals surface area contributed by atoms with E-state index in [1.165, 1.54) is 0 Å². The molecule has 2 aromatic rings. The zero-order valence-corrected chi connectivity index (χ0v) is 13.4. The van der Waals surface area contributed by atoms with Crippen molar-refractivity contribution >= 4 is 11.6 Å². The highest BCUT2D eigenvalue weighted by Crippen LogP contribution is 2.24. The molecule has 0 saturated heterocycles. The van der Waals surface area contributed by atoms with Crippen LogP contribution in [0.25, 0.3) is 0 Å². The fourth-order valence-electron chi connectivity index (χ4n) is 2.47. The SMILES string of the molecule is CCc1nn(C)c(CNC(C)c2c(C)noc2C)c1Cl. The molecular formula is C14H21ClN4O. The van der Waals surface area contributed by atoms with Crippen LogP contribution in [0, 0.1) is 13.8 Å². The average molecular weight is 297 g/mol. The normalized spacial score (nSPS) is 12.9. The quantitative estimate of drug-likeness (QED) is 0.921. The Morgan fingerprint density at radius 3 is 2.60 bits per heavy atom. The Kier molecular flexibility index (Phi) is 4.50. The second kappa shape index (κ2) is 5.97. The van der Waals surface area contributed by atoms with Crippen LogP contribution in [0.3, 0.4) is 0 Å². The zero-order chi connectivity index (χ0) is 14.9. The lowest BCUT2D eigenvalue weighted by Gasteiger charge is -2.14. The summed E-state index contributed by atoms with van der Waals surface area (Å²) in [6.07, 6.45) is 0.839. The number of aromatic nitrogens is 3. The van der Waals surface area contributed by atoms with E-state index in [0.717, 1.165) is 39.8 Å². The number of rotatable bonds is 5. The average Bonchev–Trinajstić information content (AvgIpc) is 2.88. The van der Waals surface area contributed by atoms with E-state index in [0.29, 0.717) is 6.54 Å². The maximum absolute atomic E-state index is 6.35. The summed E-state index contributed by atoms with van der Waals surface area (Å²) in [5.41, 5.74) is 3.98. The van der Waals surface area contributed by atoms with E-state index in [2.05, 4.69) is 29.4 Å². The van der Waals surface area contributed by atoms with Crippen molar-refractivity contribution in [3.8, 4) is 0 Å². The van der Waals surface area contributed by atoms with Gasteiger partial charge < -0.3 is 9.84 Å². The van der Waals surface area contributed by atoms with Crippen molar-refractivity contribution in [2.75, 3.05) is 0 Å². The van der Waals surface area contributed by atoms with Crippen molar-refractivity contribution in [3.05, 3.63) is 33.4 Å².